The van der Waals surface area contributed by atoms with Crippen LogP contribution in [-0.2, 0) is 0 Å². The molecule has 0 amide bonds. The molecule has 0 aliphatic carbocycles. The van der Waals surface area contributed by atoms with Gasteiger partial charge in [0.1, 0.15) is 12.2 Å². The van der Waals surface area contributed by atoms with Crippen molar-refractivity contribution >= 4 is 0 Å². The largest absolute Gasteiger partial charge is 0.380 e. The van der Waals surface area contributed by atoms with Crippen LogP contribution in [-0.4, -0.2) is 22.4 Å². The van der Waals surface area contributed by atoms with Crippen LogP contribution in [0.3, 0.4) is 0 Å². The van der Waals surface area contributed by atoms with Crippen LogP contribution in [0.5, 0.6) is 0 Å². The van der Waals surface area contributed by atoms with Gasteiger partial charge in [-0.15, -0.1) is 0 Å². The van der Waals surface area contributed by atoms with Crippen LogP contribution in [0.15, 0.2) is 0 Å². The van der Waals surface area contributed by atoms with Crippen LogP contribution < -0.4 is 0 Å². The maximum absolute atomic E-state index is 9.26. The molecule has 0 spiro atoms. The molecule has 0 saturated carbocycles. The third kappa shape index (κ3) is 5.17. The number of aliphatic hydroxyl groups is 2. The first-order valence-electron chi connectivity index (χ1n) is 4.45. The van der Waals surface area contributed by atoms with Crippen LogP contribution in [0, 0.1) is 17.8 Å². The van der Waals surface area contributed by atoms with Gasteiger partial charge in [0.05, 0.1) is 0 Å². The number of rotatable bonds is 3. The van der Waals surface area contributed by atoms with Gasteiger partial charge in [-0.05, 0) is 12.3 Å². The van der Waals surface area contributed by atoms with E-state index >= 15 is 0 Å². The predicted octanol–water partition coefficient (Wildman–Crippen LogP) is 1.17. The molecule has 0 rings (SSSR count). The van der Waals surface area contributed by atoms with Crippen molar-refractivity contribution in [1.29, 1.82) is 0 Å². The minimum absolute atomic E-state index is 0.131. The first-order chi connectivity index (χ1) is 5.57. The van der Waals surface area contributed by atoms with E-state index in [1.165, 1.54) is 0 Å². The van der Waals surface area contributed by atoms with Gasteiger partial charge in [0.15, 0.2) is 0 Å². The Morgan fingerprint density at radius 3 is 2.17 bits per heavy atom. The fraction of sp³-hybridized carbons (Fsp3) is 0.800. The zero-order valence-corrected chi connectivity index (χ0v) is 8.04. The Morgan fingerprint density at radius 1 is 1.17 bits per heavy atom. The molecule has 70 valence electrons. The Kier molecular flexibility index (Phi) is 5.79. The lowest BCUT2D eigenvalue weighted by molar-refractivity contribution is 0.179. The van der Waals surface area contributed by atoms with Crippen molar-refractivity contribution in [3.05, 3.63) is 0 Å². The summed E-state index contributed by atoms with van der Waals surface area (Å²) >= 11 is 0. The van der Waals surface area contributed by atoms with Crippen molar-refractivity contribution in [2.75, 3.05) is 0 Å². The van der Waals surface area contributed by atoms with Crippen molar-refractivity contribution in [3.8, 4) is 11.8 Å². The zero-order chi connectivity index (χ0) is 9.56. The van der Waals surface area contributed by atoms with Crippen molar-refractivity contribution < 1.29 is 10.2 Å². The van der Waals surface area contributed by atoms with Gasteiger partial charge >= 0.3 is 0 Å². The molecule has 0 radical (unpaired) electrons. The SMILES string of the molecule is CCCC(O)C#CC(O)C(C)C. The molecule has 2 N–H and O–H groups in total. The standard InChI is InChI=1S/C10H18O2/c1-4-5-9(11)6-7-10(12)8(2)3/h8-12H,4-5H2,1-3H3. The van der Waals surface area contributed by atoms with E-state index in [1.807, 2.05) is 20.8 Å². The fourth-order valence-electron chi connectivity index (χ4n) is 0.694. The van der Waals surface area contributed by atoms with Crippen molar-refractivity contribution in [2.24, 2.45) is 5.92 Å². The van der Waals surface area contributed by atoms with Crippen molar-refractivity contribution in [3.63, 3.8) is 0 Å². The number of hydrogen-bond acceptors (Lipinski definition) is 2. The second-order valence-corrected chi connectivity index (χ2v) is 3.28. The number of hydrogen-bond donors (Lipinski definition) is 2. The van der Waals surface area contributed by atoms with E-state index in [4.69, 9.17) is 0 Å². The predicted molar refractivity (Wildman–Crippen MR) is 49.5 cm³/mol. The lowest BCUT2D eigenvalue weighted by Crippen LogP contribution is -2.12. The van der Waals surface area contributed by atoms with Gasteiger partial charge in [0, 0.05) is 0 Å². The molecule has 0 aliphatic rings. The van der Waals surface area contributed by atoms with Crippen molar-refractivity contribution in [1.82, 2.24) is 0 Å². The molecule has 2 unspecified atom stereocenters. The highest BCUT2D eigenvalue weighted by molar-refractivity contribution is 5.09. The first kappa shape index (κ1) is 11.5. The topological polar surface area (TPSA) is 40.5 Å². The summed E-state index contributed by atoms with van der Waals surface area (Å²) < 4.78 is 0. The Balaban J connectivity index is 3.84. The van der Waals surface area contributed by atoms with E-state index in [0.29, 0.717) is 6.42 Å². The van der Waals surface area contributed by atoms with E-state index < -0.39 is 12.2 Å². The van der Waals surface area contributed by atoms with E-state index in [2.05, 4.69) is 11.8 Å². The maximum Gasteiger partial charge on any atom is 0.117 e. The first-order valence-corrected chi connectivity index (χ1v) is 4.45. The van der Waals surface area contributed by atoms with Crippen LogP contribution in [0.25, 0.3) is 0 Å². The van der Waals surface area contributed by atoms with Crippen LogP contribution in [0.2, 0.25) is 0 Å². The van der Waals surface area contributed by atoms with E-state index in [0.717, 1.165) is 6.42 Å². The Bertz CT molecular complexity index is 164. The lowest BCUT2D eigenvalue weighted by Gasteiger charge is -2.06. The average molecular weight is 170 g/mol. The van der Waals surface area contributed by atoms with Gasteiger partial charge in [-0.2, -0.15) is 0 Å². The highest BCUT2D eigenvalue weighted by atomic mass is 16.3. The monoisotopic (exact) mass is 170 g/mol. The second kappa shape index (κ2) is 6.05. The van der Waals surface area contributed by atoms with Crippen LogP contribution in [0.4, 0.5) is 0 Å². The zero-order valence-electron chi connectivity index (χ0n) is 8.04. The fourth-order valence-corrected chi connectivity index (χ4v) is 0.694. The van der Waals surface area contributed by atoms with Crippen LogP contribution >= 0.6 is 0 Å². The summed E-state index contributed by atoms with van der Waals surface area (Å²) in [5.41, 5.74) is 0. The smallest absolute Gasteiger partial charge is 0.117 e. The molecule has 0 aromatic heterocycles. The maximum atomic E-state index is 9.26. The number of aliphatic hydroxyl groups excluding tert-OH is 2. The van der Waals surface area contributed by atoms with Gasteiger partial charge in [0.2, 0.25) is 0 Å². The molecule has 2 atom stereocenters. The van der Waals surface area contributed by atoms with Gasteiger partial charge < -0.3 is 10.2 Å². The normalized spacial score (nSPS) is 15.2. The second-order valence-electron chi connectivity index (χ2n) is 3.28. The minimum atomic E-state index is -0.614. The summed E-state index contributed by atoms with van der Waals surface area (Å²) in [7, 11) is 0. The minimum Gasteiger partial charge on any atom is -0.380 e. The molecule has 0 saturated heterocycles. The lowest BCUT2D eigenvalue weighted by atomic mass is 10.1. The third-order valence-corrected chi connectivity index (χ3v) is 1.59. The van der Waals surface area contributed by atoms with E-state index in [-0.39, 0.29) is 5.92 Å². The van der Waals surface area contributed by atoms with Gasteiger partial charge in [0.25, 0.3) is 0 Å². The molecule has 0 aromatic carbocycles. The summed E-state index contributed by atoms with van der Waals surface area (Å²) in [6, 6.07) is 0. The van der Waals surface area contributed by atoms with E-state index in [1.54, 1.807) is 0 Å². The molecular weight excluding hydrogens is 152 g/mol. The van der Waals surface area contributed by atoms with E-state index in [9.17, 15) is 10.2 Å². The molecule has 2 heteroatoms. The Labute approximate surface area is 74.6 Å². The van der Waals surface area contributed by atoms with Gasteiger partial charge in [-0.3, -0.25) is 0 Å². The Hall–Kier alpha value is -0.520. The summed E-state index contributed by atoms with van der Waals surface area (Å²) in [4.78, 5) is 0. The molecule has 12 heavy (non-hydrogen) atoms. The highest BCUT2D eigenvalue weighted by Gasteiger charge is 2.04. The van der Waals surface area contributed by atoms with Gasteiger partial charge in [-0.25, -0.2) is 0 Å². The summed E-state index contributed by atoms with van der Waals surface area (Å²) in [5, 5.41) is 18.5. The Morgan fingerprint density at radius 2 is 1.75 bits per heavy atom. The highest BCUT2D eigenvalue weighted by Crippen LogP contribution is 1.99. The summed E-state index contributed by atoms with van der Waals surface area (Å²) in [6.07, 6.45) is 0.394. The average Bonchev–Trinajstić information content (AvgIpc) is 2.00. The third-order valence-electron chi connectivity index (χ3n) is 1.59. The van der Waals surface area contributed by atoms with Crippen molar-refractivity contribution in [2.45, 2.75) is 45.8 Å². The van der Waals surface area contributed by atoms with Crippen LogP contribution in [0.1, 0.15) is 33.6 Å². The quantitative estimate of drug-likeness (QED) is 0.624. The molecule has 0 heterocycles. The van der Waals surface area contributed by atoms with Gasteiger partial charge in [-0.1, -0.05) is 39.0 Å². The molecule has 0 aliphatic heterocycles. The molecule has 2 nitrogen and oxygen atoms in total. The summed E-state index contributed by atoms with van der Waals surface area (Å²) in [6.45, 7) is 5.78. The molecule has 0 aromatic rings. The molecular formula is C10H18O2. The summed E-state index contributed by atoms with van der Waals surface area (Å²) in [5.74, 6) is 5.37. The molecule has 0 bridgehead atoms. The molecule has 0 fully saturated rings.